The second kappa shape index (κ2) is 5.69. The van der Waals surface area contributed by atoms with Gasteiger partial charge in [0.25, 0.3) is 0 Å². The number of carboxylic acid groups (broad SMARTS) is 1. The lowest BCUT2D eigenvalue weighted by atomic mass is 9.98. The van der Waals surface area contributed by atoms with Gasteiger partial charge in [0.2, 0.25) is 0 Å². The van der Waals surface area contributed by atoms with Crippen molar-refractivity contribution in [3.8, 4) is 17.0 Å². The fourth-order valence-corrected chi connectivity index (χ4v) is 1.96. The summed E-state index contributed by atoms with van der Waals surface area (Å²) in [5.41, 5.74) is 2.19. The average molecular weight is 272 g/mol. The van der Waals surface area contributed by atoms with E-state index in [0.717, 1.165) is 5.56 Å². The van der Waals surface area contributed by atoms with E-state index in [-0.39, 0.29) is 5.56 Å². The number of carbonyl (C=O) groups is 1. The molecule has 0 aliphatic rings. The molecule has 0 unspecified atom stereocenters. The molecule has 0 fully saturated rings. The van der Waals surface area contributed by atoms with Crippen molar-refractivity contribution in [2.24, 2.45) is 0 Å². The number of rotatable bonds is 4. The van der Waals surface area contributed by atoms with Crippen LogP contribution in [0.3, 0.4) is 0 Å². The fraction of sp³-hybridized carbons (Fsp3) is 0.267. The van der Waals surface area contributed by atoms with Crippen LogP contribution >= 0.6 is 0 Å². The van der Waals surface area contributed by atoms with Gasteiger partial charge in [-0.05, 0) is 23.6 Å². The van der Waals surface area contributed by atoms with Crippen molar-refractivity contribution < 1.29 is 14.6 Å². The van der Waals surface area contributed by atoms with Crippen LogP contribution in [0.1, 0.15) is 35.7 Å². The number of benzene rings is 1. The molecule has 0 saturated heterocycles. The summed E-state index contributed by atoms with van der Waals surface area (Å²) in [6.45, 7) is 4.17. The van der Waals surface area contributed by atoms with Crippen LogP contribution in [0.15, 0.2) is 30.7 Å². The number of ether oxygens (including phenoxy) is 1. The summed E-state index contributed by atoms with van der Waals surface area (Å²) in [5, 5.41) is 9.21. The monoisotopic (exact) mass is 272 g/mol. The number of nitrogens with zero attached hydrogens (tertiary/aromatic N) is 2. The molecule has 1 N–H and O–H groups in total. The van der Waals surface area contributed by atoms with Crippen molar-refractivity contribution in [2.45, 2.75) is 19.8 Å². The summed E-state index contributed by atoms with van der Waals surface area (Å²) in [7, 11) is 1.56. The average Bonchev–Trinajstić information content (AvgIpc) is 2.46. The summed E-state index contributed by atoms with van der Waals surface area (Å²) in [4.78, 5) is 19.1. The van der Waals surface area contributed by atoms with Gasteiger partial charge in [-0.15, -0.1) is 0 Å². The molecular formula is C15H16N2O3. The molecule has 0 amide bonds. The Hall–Kier alpha value is -2.43. The molecule has 5 nitrogen and oxygen atoms in total. The van der Waals surface area contributed by atoms with E-state index >= 15 is 0 Å². The molecule has 104 valence electrons. The number of aromatic nitrogens is 2. The van der Waals surface area contributed by atoms with Crippen LogP contribution in [-0.4, -0.2) is 28.2 Å². The molecule has 0 radical (unpaired) electrons. The minimum atomic E-state index is -1.06. The van der Waals surface area contributed by atoms with Crippen molar-refractivity contribution in [1.29, 1.82) is 0 Å². The Morgan fingerprint density at radius 1 is 1.35 bits per heavy atom. The zero-order valence-electron chi connectivity index (χ0n) is 11.6. The highest BCUT2D eigenvalue weighted by atomic mass is 16.5. The van der Waals surface area contributed by atoms with E-state index in [1.165, 1.54) is 12.5 Å². The predicted octanol–water partition coefficient (Wildman–Crippen LogP) is 2.97. The van der Waals surface area contributed by atoms with Crippen molar-refractivity contribution >= 4 is 5.97 Å². The zero-order chi connectivity index (χ0) is 14.7. The highest BCUT2D eigenvalue weighted by Gasteiger charge is 2.17. The molecule has 1 aromatic heterocycles. The van der Waals surface area contributed by atoms with Gasteiger partial charge in [-0.25, -0.2) is 14.8 Å². The van der Waals surface area contributed by atoms with E-state index in [1.54, 1.807) is 7.11 Å². The minimum Gasteiger partial charge on any atom is -0.496 e. The van der Waals surface area contributed by atoms with Crippen LogP contribution in [0.25, 0.3) is 11.3 Å². The third kappa shape index (κ3) is 2.61. The van der Waals surface area contributed by atoms with E-state index < -0.39 is 5.97 Å². The maximum atomic E-state index is 11.2. The molecule has 0 spiro atoms. The third-order valence-corrected chi connectivity index (χ3v) is 3.09. The normalized spacial score (nSPS) is 10.6. The first kappa shape index (κ1) is 14.0. The van der Waals surface area contributed by atoms with Gasteiger partial charge >= 0.3 is 5.97 Å². The van der Waals surface area contributed by atoms with Gasteiger partial charge in [-0.1, -0.05) is 19.9 Å². The van der Waals surface area contributed by atoms with E-state index in [0.29, 0.717) is 22.9 Å². The number of methoxy groups -OCH3 is 1. The van der Waals surface area contributed by atoms with Gasteiger partial charge in [0, 0.05) is 11.8 Å². The highest BCUT2D eigenvalue weighted by molar-refractivity contribution is 5.95. The zero-order valence-corrected chi connectivity index (χ0v) is 11.6. The molecule has 0 aliphatic carbocycles. The number of hydrogen-bond donors (Lipinski definition) is 1. The van der Waals surface area contributed by atoms with Gasteiger partial charge in [0.05, 0.1) is 12.8 Å². The Labute approximate surface area is 117 Å². The SMILES string of the molecule is COc1cc(C(C)C)ccc1-c1ncncc1C(=O)O. The highest BCUT2D eigenvalue weighted by Crippen LogP contribution is 2.33. The van der Waals surface area contributed by atoms with Crippen LogP contribution < -0.4 is 4.74 Å². The smallest absolute Gasteiger partial charge is 0.339 e. The summed E-state index contributed by atoms with van der Waals surface area (Å²) in [6.07, 6.45) is 2.62. The lowest BCUT2D eigenvalue weighted by Crippen LogP contribution is -2.03. The molecule has 0 aliphatic heterocycles. The Balaban J connectivity index is 2.61. The summed E-state index contributed by atoms with van der Waals surface area (Å²) < 4.78 is 5.37. The molecule has 0 atom stereocenters. The lowest BCUT2D eigenvalue weighted by Gasteiger charge is -2.13. The van der Waals surface area contributed by atoms with Gasteiger partial charge in [0.1, 0.15) is 17.6 Å². The lowest BCUT2D eigenvalue weighted by molar-refractivity contribution is 0.0697. The van der Waals surface area contributed by atoms with Crippen LogP contribution in [0, 0.1) is 0 Å². The van der Waals surface area contributed by atoms with Crippen LogP contribution in [0.5, 0.6) is 5.75 Å². The molecule has 1 aromatic carbocycles. The molecule has 0 bridgehead atoms. The van der Waals surface area contributed by atoms with E-state index in [4.69, 9.17) is 4.74 Å². The van der Waals surface area contributed by atoms with E-state index in [2.05, 4.69) is 23.8 Å². The van der Waals surface area contributed by atoms with Crippen LogP contribution in [0.4, 0.5) is 0 Å². The van der Waals surface area contributed by atoms with Crippen molar-refractivity contribution in [3.63, 3.8) is 0 Å². The molecule has 5 heteroatoms. The largest absolute Gasteiger partial charge is 0.496 e. The summed E-state index contributed by atoms with van der Waals surface area (Å²) >= 11 is 0. The molecule has 2 rings (SSSR count). The molecule has 20 heavy (non-hydrogen) atoms. The van der Waals surface area contributed by atoms with Gasteiger partial charge in [-0.3, -0.25) is 0 Å². The Morgan fingerprint density at radius 2 is 2.10 bits per heavy atom. The molecular weight excluding hydrogens is 256 g/mol. The van der Waals surface area contributed by atoms with Crippen LogP contribution in [0.2, 0.25) is 0 Å². The first-order chi connectivity index (χ1) is 9.54. The second-order valence-corrected chi connectivity index (χ2v) is 4.70. The second-order valence-electron chi connectivity index (χ2n) is 4.70. The predicted molar refractivity (Wildman–Crippen MR) is 75.1 cm³/mol. The first-order valence-corrected chi connectivity index (χ1v) is 6.26. The maximum absolute atomic E-state index is 11.2. The molecule has 0 saturated carbocycles. The third-order valence-electron chi connectivity index (χ3n) is 3.09. The Morgan fingerprint density at radius 3 is 2.70 bits per heavy atom. The number of carboxylic acids is 1. The van der Waals surface area contributed by atoms with Crippen LogP contribution in [-0.2, 0) is 0 Å². The van der Waals surface area contributed by atoms with Gasteiger partial charge < -0.3 is 9.84 Å². The standard InChI is InChI=1S/C15H16N2O3/c1-9(2)10-4-5-11(13(6-10)20-3)14-12(15(18)19)7-16-8-17-14/h4-9H,1-3H3,(H,18,19). The first-order valence-electron chi connectivity index (χ1n) is 6.26. The maximum Gasteiger partial charge on any atom is 0.339 e. The number of aromatic carboxylic acids is 1. The van der Waals surface area contributed by atoms with Gasteiger partial charge in [-0.2, -0.15) is 0 Å². The molecule has 2 aromatic rings. The van der Waals surface area contributed by atoms with Crippen molar-refractivity contribution in [3.05, 3.63) is 41.9 Å². The van der Waals surface area contributed by atoms with E-state index in [9.17, 15) is 9.90 Å². The summed E-state index contributed by atoms with van der Waals surface area (Å²) in [6, 6.07) is 5.70. The number of hydrogen-bond acceptors (Lipinski definition) is 4. The quantitative estimate of drug-likeness (QED) is 0.926. The van der Waals surface area contributed by atoms with Crippen molar-refractivity contribution in [2.75, 3.05) is 7.11 Å². The molecule has 1 heterocycles. The topological polar surface area (TPSA) is 72.3 Å². The Bertz CT molecular complexity index is 639. The summed E-state index contributed by atoms with van der Waals surface area (Å²) in [5.74, 6) is -0.0877. The van der Waals surface area contributed by atoms with Crippen molar-refractivity contribution in [1.82, 2.24) is 9.97 Å². The van der Waals surface area contributed by atoms with Gasteiger partial charge in [0.15, 0.2) is 0 Å². The fourth-order valence-electron chi connectivity index (χ4n) is 1.96. The Kier molecular flexibility index (Phi) is 3.98. The minimum absolute atomic E-state index is 0.0584. The van der Waals surface area contributed by atoms with E-state index in [1.807, 2.05) is 18.2 Å².